The first-order chi connectivity index (χ1) is 34.3. The zero-order valence-electron chi connectivity index (χ0n) is 36.9. The third-order valence-corrected chi connectivity index (χ3v) is 13.3. The second-order valence-corrected chi connectivity index (χ2v) is 17.2. The van der Waals surface area contributed by atoms with Gasteiger partial charge in [0.1, 0.15) is 23.3 Å². The molecular formula is C62H34F4N4. The van der Waals surface area contributed by atoms with Crippen molar-refractivity contribution in [1.82, 2.24) is 0 Å². The first-order valence-corrected chi connectivity index (χ1v) is 22.5. The molecule has 0 aliphatic rings. The predicted molar refractivity (Wildman–Crippen MR) is 275 cm³/mol. The van der Waals surface area contributed by atoms with E-state index in [-0.39, 0.29) is 22.5 Å². The van der Waals surface area contributed by atoms with Gasteiger partial charge in [0.15, 0.2) is 0 Å². The van der Waals surface area contributed by atoms with Crippen LogP contribution in [0.1, 0.15) is 11.1 Å². The fourth-order valence-corrected chi connectivity index (χ4v) is 10.1. The van der Waals surface area contributed by atoms with Crippen LogP contribution < -0.4 is 9.80 Å². The topological polar surface area (TPSA) is 54.1 Å². The second kappa shape index (κ2) is 16.7. The summed E-state index contributed by atoms with van der Waals surface area (Å²) < 4.78 is 66.0. The minimum atomic E-state index is -0.791. The molecule has 330 valence electrons. The summed E-state index contributed by atoms with van der Waals surface area (Å²) in [6.45, 7) is 0. The normalized spacial score (nSPS) is 11.4. The number of nitrogens with zero attached hydrogens (tertiary/aromatic N) is 4. The Balaban J connectivity index is 1.10. The van der Waals surface area contributed by atoms with Crippen LogP contribution in [0.2, 0.25) is 0 Å². The summed E-state index contributed by atoms with van der Waals surface area (Å²) in [6, 6.07) is 65.1. The first kappa shape index (κ1) is 41.9. The smallest absolute Gasteiger partial charge is 0.150 e. The van der Waals surface area contributed by atoms with Gasteiger partial charge >= 0.3 is 0 Å². The maximum atomic E-state index is 16.8. The molecule has 0 atom stereocenters. The van der Waals surface area contributed by atoms with E-state index in [4.69, 9.17) is 0 Å². The molecule has 70 heavy (non-hydrogen) atoms. The Morgan fingerprint density at radius 3 is 1.10 bits per heavy atom. The number of benzene rings is 12. The molecule has 0 saturated carbocycles. The van der Waals surface area contributed by atoms with Gasteiger partial charge in [-0.25, -0.2) is 17.6 Å². The van der Waals surface area contributed by atoms with Gasteiger partial charge in [-0.15, -0.1) is 0 Å². The Morgan fingerprint density at radius 2 is 0.686 bits per heavy atom. The van der Waals surface area contributed by atoms with Crippen LogP contribution in [-0.2, 0) is 0 Å². The van der Waals surface area contributed by atoms with E-state index in [1.807, 2.05) is 133 Å². The Kier molecular flexibility index (Phi) is 9.98. The highest BCUT2D eigenvalue weighted by molar-refractivity contribution is 6.28. The van der Waals surface area contributed by atoms with Crippen molar-refractivity contribution in [1.29, 1.82) is 10.5 Å². The third-order valence-electron chi connectivity index (χ3n) is 13.3. The lowest BCUT2D eigenvalue weighted by Crippen LogP contribution is -2.14. The summed E-state index contributed by atoms with van der Waals surface area (Å²) in [5.41, 5.74) is 4.88. The van der Waals surface area contributed by atoms with E-state index in [9.17, 15) is 10.5 Å². The van der Waals surface area contributed by atoms with Crippen molar-refractivity contribution in [3.8, 4) is 34.4 Å². The Labute approximate surface area is 399 Å². The maximum absolute atomic E-state index is 16.8. The summed E-state index contributed by atoms with van der Waals surface area (Å²) in [5.74, 6) is -3.01. The molecule has 12 rings (SSSR count). The number of hydrogen-bond acceptors (Lipinski definition) is 4. The Morgan fingerprint density at radius 1 is 0.300 bits per heavy atom. The minimum absolute atomic E-state index is 0.0885. The van der Waals surface area contributed by atoms with Gasteiger partial charge in [0.2, 0.25) is 0 Å². The van der Waals surface area contributed by atoms with E-state index in [0.29, 0.717) is 45.0 Å². The van der Waals surface area contributed by atoms with Gasteiger partial charge in [-0.3, -0.25) is 0 Å². The average molecular weight is 911 g/mol. The highest BCUT2D eigenvalue weighted by atomic mass is 19.1. The lowest BCUT2D eigenvalue weighted by atomic mass is 9.91. The van der Waals surface area contributed by atoms with E-state index in [1.165, 1.54) is 0 Å². The van der Waals surface area contributed by atoms with Gasteiger partial charge < -0.3 is 9.80 Å². The second-order valence-electron chi connectivity index (χ2n) is 17.2. The number of nitriles is 2. The quantitative estimate of drug-likeness (QED) is 0.113. The van der Waals surface area contributed by atoms with E-state index < -0.39 is 23.3 Å². The highest BCUT2D eigenvalue weighted by Crippen LogP contribution is 2.50. The number of anilines is 6. The molecule has 12 aromatic carbocycles. The van der Waals surface area contributed by atoms with E-state index in [0.717, 1.165) is 66.0 Å². The van der Waals surface area contributed by atoms with Gasteiger partial charge in [0, 0.05) is 45.4 Å². The Hall–Kier alpha value is -9.50. The molecule has 0 amide bonds. The van der Waals surface area contributed by atoms with Crippen LogP contribution in [0, 0.1) is 45.9 Å². The molecule has 4 nitrogen and oxygen atoms in total. The lowest BCUT2D eigenvalue weighted by Gasteiger charge is -2.30. The van der Waals surface area contributed by atoms with Crippen LogP contribution in [-0.4, -0.2) is 0 Å². The fraction of sp³-hybridized carbons (Fsp3) is 0. The molecule has 0 radical (unpaired) electrons. The maximum Gasteiger partial charge on any atom is 0.150 e. The van der Waals surface area contributed by atoms with Gasteiger partial charge in [-0.05, 0) is 127 Å². The van der Waals surface area contributed by atoms with Gasteiger partial charge in [0.05, 0.1) is 46.0 Å². The molecule has 8 heteroatoms. The van der Waals surface area contributed by atoms with Crippen molar-refractivity contribution in [2.45, 2.75) is 0 Å². The number of hydrogen-bond donors (Lipinski definition) is 0. The van der Waals surface area contributed by atoms with E-state index in [1.54, 1.807) is 70.5 Å². The monoisotopic (exact) mass is 910 g/mol. The molecule has 0 spiro atoms. The third kappa shape index (κ3) is 6.81. The van der Waals surface area contributed by atoms with Crippen LogP contribution in [0.15, 0.2) is 206 Å². The number of fused-ring (bicyclic) bond motifs is 2. The van der Waals surface area contributed by atoms with Gasteiger partial charge in [-0.1, -0.05) is 121 Å². The Bertz CT molecular complexity index is 3870. The van der Waals surface area contributed by atoms with Crippen LogP contribution in [0.25, 0.3) is 76.1 Å². The molecule has 0 aliphatic carbocycles. The molecule has 0 saturated heterocycles. The van der Waals surface area contributed by atoms with Crippen LogP contribution in [0.4, 0.5) is 51.7 Å². The van der Waals surface area contributed by atoms with Gasteiger partial charge in [0.25, 0.3) is 0 Å². The zero-order chi connectivity index (χ0) is 47.6. The molecular weight excluding hydrogens is 877 g/mol. The fourth-order valence-electron chi connectivity index (χ4n) is 10.1. The SMILES string of the molecule is N#Cc1ccc(N(c2cc(-c3cccc4ccccc34)c(F)cc2F)c2ccc3ccc4c(N(c5ccc(C#N)cc5)c5cc(-c6cccc7ccccc67)c(F)cc5F)ccc5ccc2c3c54)cc1. The molecule has 12 aromatic rings. The molecule has 0 aliphatic heterocycles. The van der Waals surface area contributed by atoms with Crippen molar-refractivity contribution >= 4 is 88.0 Å². The van der Waals surface area contributed by atoms with Crippen molar-refractivity contribution in [2.75, 3.05) is 9.80 Å². The standard InChI is InChI=1S/C62H34F4N4/c63-53-33-55(65)59(31-51(53)47-13-5-9-39-7-1-3-11-45(39)47)69(43-23-15-37(35-67)16-24-43)57-29-21-41-20-28-50-58(30-22-42-19-27-49(57)61(41)62(42)50)70(44-25-17-38(36-68)18-26-44)60-32-52(54(64)34-56(60)66)48-14-6-10-40-8-2-4-12-46(40)48/h1-34H. The largest absolute Gasteiger partial charge is 0.307 e. The molecule has 0 heterocycles. The van der Waals surface area contributed by atoms with Crippen molar-refractivity contribution in [2.24, 2.45) is 0 Å². The lowest BCUT2D eigenvalue weighted by molar-refractivity contribution is 0.586. The zero-order valence-corrected chi connectivity index (χ0v) is 36.9. The van der Waals surface area contributed by atoms with E-state index in [2.05, 4.69) is 12.1 Å². The summed E-state index contributed by atoms with van der Waals surface area (Å²) in [5, 5.41) is 27.9. The number of halogens is 4. The summed E-state index contributed by atoms with van der Waals surface area (Å²) in [7, 11) is 0. The summed E-state index contributed by atoms with van der Waals surface area (Å²) in [4.78, 5) is 3.51. The summed E-state index contributed by atoms with van der Waals surface area (Å²) >= 11 is 0. The minimum Gasteiger partial charge on any atom is -0.307 e. The molecule has 0 bridgehead atoms. The average Bonchev–Trinajstić information content (AvgIpc) is 3.40. The number of rotatable bonds is 8. The first-order valence-electron chi connectivity index (χ1n) is 22.5. The predicted octanol–water partition coefficient (Wildman–Crippen LogP) is 17.5. The molecule has 0 aromatic heterocycles. The van der Waals surface area contributed by atoms with Gasteiger partial charge in [-0.2, -0.15) is 10.5 Å². The highest BCUT2D eigenvalue weighted by Gasteiger charge is 2.27. The van der Waals surface area contributed by atoms with E-state index >= 15 is 17.6 Å². The van der Waals surface area contributed by atoms with Crippen LogP contribution in [0.5, 0.6) is 0 Å². The molecule has 0 N–H and O–H groups in total. The van der Waals surface area contributed by atoms with Crippen LogP contribution >= 0.6 is 0 Å². The van der Waals surface area contributed by atoms with Crippen molar-refractivity contribution in [3.63, 3.8) is 0 Å². The van der Waals surface area contributed by atoms with Crippen molar-refractivity contribution in [3.05, 3.63) is 241 Å². The van der Waals surface area contributed by atoms with Crippen LogP contribution in [0.3, 0.4) is 0 Å². The van der Waals surface area contributed by atoms with Crippen molar-refractivity contribution < 1.29 is 17.6 Å². The molecule has 0 fully saturated rings. The molecule has 0 unspecified atom stereocenters. The summed E-state index contributed by atoms with van der Waals surface area (Å²) in [6.07, 6.45) is 0.